The second-order valence-corrected chi connectivity index (χ2v) is 7.56. The lowest BCUT2D eigenvalue weighted by molar-refractivity contribution is -0.137. The van der Waals surface area contributed by atoms with Crippen molar-refractivity contribution in [3.63, 3.8) is 0 Å². The van der Waals surface area contributed by atoms with Gasteiger partial charge in [-0.1, -0.05) is 23.9 Å². The van der Waals surface area contributed by atoms with E-state index < -0.39 is 11.7 Å². The van der Waals surface area contributed by atoms with Crippen LogP contribution in [0.15, 0.2) is 53.7 Å². The fourth-order valence-electron chi connectivity index (χ4n) is 2.66. The molecule has 1 heterocycles. The van der Waals surface area contributed by atoms with Gasteiger partial charge in [-0.3, -0.25) is 4.79 Å². The number of aromatic nitrogens is 3. The van der Waals surface area contributed by atoms with Crippen LogP contribution < -0.4 is 21.2 Å². The van der Waals surface area contributed by atoms with E-state index in [0.717, 1.165) is 35.3 Å². The fraction of sp³-hybridized carbons (Fsp3) is 0.250. The van der Waals surface area contributed by atoms with Crippen molar-refractivity contribution >= 4 is 23.4 Å². The standard InChI is InChI=1S/C20H21F3N6O2S/c1-31-16-7-5-15(6-8-16)25-11-17-27-28-19(29(17)24)32-12-18(30)26-10-13-3-2-4-14(9-13)20(21,22)23/h2-9,25H,10-12,24H2,1H3,(H,26,30). The second-order valence-electron chi connectivity index (χ2n) is 6.61. The summed E-state index contributed by atoms with van der Waals surface area (Å²) in [7, 11) is 1.59. The average molecular weight is 466 g/mol. The number of anilines is 1. The highest BCUT2D eigenvalue weighted by Gasteiger charge is 2.30. The minimum atomic E-state index is -4.43. The number of alkyl halides is 3. The first-order chi connectivity index (χ1) is 15.3. The van der Waals surface area contributed by atoms with Gasteiger partial charge in [-0.15, -0.1) is 10.2 Å². The van der Waals surface area contributed by atoms with Gasteiger partial charge < -0.3 is 21.2 Å². The number of nitrogens with two attached hydrogens (primary N) is 1. The number of amides is 1. The molecular weight excluding hydrogens is 445 g/mol. The molecule has 0 aliphatic carbocycles. The Kier molecular flexibility index (Phi) is 7.46. The Morgan fingerprint density at radius 1 is 1.16 bits per heavy atom. The molecule has 170 valence electrons. The SMILES string of the molecule is COc1ccc(NCc2nnc(SCC(=O)NCc3cccc(C(F)(F)F)c3)n2N)cc1. The van der Waals surface area contributed by atoms with E-state index in [4.69, 9.17) is 10.6 Å². The number of rotatable bonds is 9. The molecular formula is C20H21F3N6O2S. The Balaban J connectivity index is 1.47. The number of methoxy groups -OCH3 is 1. The molecule has 12 heteroatoms. The summed E-state index contributed by atoms with van der Waals surface area (Å²) < 4.78 is 44.7. The van der Waals surface area contributed by atoms with Crippen LogP contribution in [0, 0.1) is 0 Å². The molecule has 2 aromatic carbocycles. The quantitative estimate of drug-likeness (QED) is 0.329. The molecule has 0 atom stereocenters. The van der Waals surface area contributed by atoms with Gasteiger partial charge in [0.2, 0.25) is 11.1 Å². The van der Waals surface area contributed by atoms with Gasteiger partial charge in [0.1, 0.15) is 5.75 Å². The van der Waals surface area contributed by atoms with Crippen LogP contribution in [0.4, 0.5) is 18.9 Å². The number of benzene rings is 2. The van der Waals surface area contributed by atoms with Gasteiger partial charge in [-0.05, 0) is 42.0 Å². The second kappa shape index (κ2) is 10.3. The van der Waals surface area contributed by atoms with E-state index in [-0.39, 0.29) is 18.2 Å². The van der Waals surface area contributed by atoms with Gasteiger partial charge >= 0.3 is 6.18 Å². The molecule has 0 aliphatic rings. The number of nitrogens with zero attached hydrogens (tertiary/aromatic N) is 3. The Hall–Kier alpha value is -3.41. The summed E-state index contributed by atoms with van der Waals surface area (Å²) in [5.41, 5.74) is 0.440. The molecule has 0 bridgehead atoms. The van der Waals surface area contributed by atoms with Crippen molar-refractivity contribution in [3.05, 3.63) is 65.5 Å². The Bertz CT molecular complexity index is 1060. The highest BCUT2D eigenvalue weighted by atomic mass is 32.2. The maximum Gasteiger partial charge on any atom is 0.416 e. The number of nitrogens with one attached hydrogen (secondary N) is 2. The van der Waals surface area contributed by atoms with E-state index >= 15 is 0 Å². The predicted molar refractivity (Wildman–Crippen MR) is 115 cm³/mol. The van der Waals surface area contributed by atoms with Crippen molar-refractivity contribution in [2.24, 2.45) is 0 Å². The molecule has 1 amide bonds. The highest BCUT2D eigenvalue weighted by Crippen LogP contribution is 2.29. The van der Waals surface area contributed by atoms with Gasteiger partial charge in [0.15, 0.2) is 5.82 Å². The van der Waals surface area contributed by atoms with Crippen LogP contribution in [0.1, 0.15) is 17.0 Å². The molecule has 0 fully saturated rings. The third-order valence-electron chi connectivity index (χ3n) is 4.35. The zero-order chi connectivity index (χ0) is 23.1. The van der Waals surface area contributed by atoms with Gasteiger partial charge in [0.25, 0.3) is 0 Å². The third kappa shape index (κ3) is 6.30. The van der Waals surface area contributed by atoms with Crippen molar-refractivity contribution in [2.45, 2.75) is 24.4 Å². The Labute approximate surface area is 186 Å². The molecule has 4 N–H and O–H groups in total. The smallest absolute Gasteiger partial charge is 0.416 e. The molecule has 0 spiro atoms. The molecule has 0 saturated heterocycles. The van der Waals surface area contributed by atoms with E-state index in [0.29, 0.717) is 23.1 Å². The van der Waals surface area contributed by atoms with E-state index in [1.54, 1.807) is 7.11 Å². The average Bonchev–Trinajstić information content (AvgIpc) is 3.14. The monoisotopic (exact) mass is 466 g/mol. The largest absolute Gasteiger partial charge is 0.497 e. The van der Waals surface area contributed by atoms with Gasteiger partial charge in [0.05, 0.1) is 25.0 Å². The van der Waals surface area contributed by atoms with Crippen LogP contribution in [0.25, 0.3) is 0 Å². The van der Waals surface area contributed by atoms with E-state index in [1.165, 1.54) is 16.8 Å². The predicted octanol–water partition coefficient (Wildman–Crippen LogP) is 3.04. The van der Waals surface area contributed by atoms with Crippen LogP contribution in [0.2, 0.25) is 0 Å². The molecule has 0 aliphatic heterocycles. The molecule has 0 unspecified atom stereocenters. The lowest BCUT2D eigenvalue weighted by atomic mass is 10.1. The van der Waals surface area contributed by atoms with Crippen LogP contribution in [0.5, 0.6) is 5.75 Å². The number of ether oxygens (including phenoxy) is 1. The number of hydrogen-bond acceptors (Lipinski definition) is 7. The maximum atomic E-state index is 12.8. The molecule has 0 radical (unpaired) electrons. The normalized spacial score (nSPS) is 11.2. The zero-order valence-corrected chi connectivity index (χ0v) is 17.8. The lowest BCUT2D eigenvalue weighted by Crippen LogP contribution is -2.25. The first-order valence-electron chi connectivity index (χ1n) is 9.39. The van der Waals surface area contributed by atoms with Crippen LogP contribution >= 0.6 is 11.8 Å². The van der Waals surface area contributed by atoms with Crippen LogP contribution in [-0.2, 0) is 24.1 Å². The number of hydrogen-bond donors (Lipinski definition) is 3. The van der Waals surface area contributed by atoms with Crippen LogP contribution in [-0.4, -0.2) is 33.6 Å². The summed E-state index contributed by atoms with van der Waals surface area (Å²) >= 11 is 1.07. The number of halogens is 3. The number of thioether (sulfide) groups is 1. The fourth-order valence-corrected chi connectivity index (χ4v) is 3.36. The van der Waals surface area contributed by atoms with Crippen molar-refractivity contribution in [1.82, 2.24) is 20.2 Å². The highest BCUT2D eigenvalue weighted by molar-refractivity contribution is 7.99. The third-order valence-corrected chi connectivity index (χ3v) is 5.30. The zero-order valence-electron chi connectivity index (χ0n) is 17.0. The molecule has 8 nitrogen and oxygen atoms in total. The Morgan fingerprint density at radius 3 is 2.59 bits per heavy atom. The molecule has 3 aromatic rings. The van der Waals surface area contributed by atoms with Gasteiger partial charge in [0, 0.05) is 12.2 Å². The van der Waals surface area contributed by atoms with Crippen molar-refractivity contribution in [1.29, 1.82) is 0 Å². The summed E-state index contributed by atoms with van der Waals surface area (Å²) in [4.78, 5) is 12.1. The summed E-state index contributed by atoms with van der Waals surface area (Å²) in [6, 6.07) is 12.1. The Morgan fingerprint density at radius 2 is 1.91 bits per heavy atom. The minimum Gasteiger partial charge on any atom is -0.497 e. The first-order valence-corrected chi connectivity index (χ1v) is 10.4. The molecule has 0 saturated carbocycles. The minimum absolute atomic E-state index is 0.0137. The molecule has 1 aromatic heterocycles. The first kappa shape index (κ1) is 23.3. The summed E-state index contributed by atoms with van der Waals surface area (Å²) in [6.45, 7) is 0.299. The number of nitrogen functional groups attached to an aromatic ring is 1. The van der Waals surface area contributed by atoms with E-state index in [1.807, 2.05) is 24.3 Å². The topological polar surface area (TPSA) is 107 Å². The molecule has 32 heavy (non-hydrogen) atoms. The summed E-state index contributed by atoms with van der Waals surface area (Å²) in [5.74, 6) is 6.82. The van der Waals surface area contributed by atoms with E-state index in [2.05, 4.69) is 20.8 Å². The molecule has 3 rings (SSSR count). The van der Waals surface area contributed by atoms with E-state index in [9.17, 15) is 18.0 Å². The van der Waals surface area contributed by atoms with Crippen LogP contribution in [0.3, 0.4) is 0 Å². The number of carbonyl (C=O) groups excluding carboxylic acids is 1. The van der Waals surface area contributed by atoms with Gasteiger partial charge in [-0.2, -0.15) is 13.2 Å². The lowest BCUT2D eigenvalue weighted by Gasteiger charge is -2.09. The summed E-state index contributed by atoms with van der Waals surface area (Å²) in [5, 5.41) is 14.1. The number of carbonyl (C=O) groups is 1. The van der Waals surface area contributed by atoms with Crippen molar-refractivity contribution in [3.8, 4) is 5.75 Å². The van der Waals surface area contributed by atoms with Crippen molar-refractivity contribution < 1.29 is 22.7 Å². The van der Waals surface area contributed by atoms with Gasteiger partial charge in [-0.25, -0.2) is 4.68 Å². The van der Waals surface area contributed by atoms with Crippen molar-refractivity contribution in [2.75, 3.05) is 24.0 Å². The maximum absolute atomic E-state index is 12.8. The summed E-state index contributed by atoms with van der Waals surface area (Å²) in [6.07, 6.45) is -4.43.